The standard InChI is InChI=1S/C16H14N4O2S/c1-22-12-5-6-13-14(8-12)19-16(18-13)23(21)10-11-9-17-15-4-2-3-7-20(11)15/h2-9H,10H2,1H3,(H,18,19). The number of hydrogen-bond donors (Lipinski definition) is 1. The molecule has 4 rings (SSSR count). The number of aromatic amines is 1. The van der Waals surface area contributed by atoms with Crippen molar-refractivity contribution in [2.24, 2.45) is 0 Å². The number of pyridine rings is 1. The van der Waals surface area contributed by atoms with E-state index in [0.717, 1.165) is 28.1 Å². The summed E-state index contributed by atoms with van der Waals surface area (Å²) in [5.74, 6) is 1.07. The Kier molecular flexibility index (Phi) is 3.44. The minimum atomic E-state index is -1.28. The fourth-order valence-corrected chi connectivity index (χ4v) is 3.53. The van der Waals surface area contributed by atoms with Gasteiger partial charge in [-0.05, 0) is 24.3 Å². The Bertz CT molecular complexity index is 978. The first-order valence-electron chi connectivity index (χ1n) is 7.08. The van der Waals surface area contributed by atoms with Gasteiger partial charge in [0, 0.05) is 23.4 Å². The second-order valence-electron chi connectivity index (χ2n) is 5.09. The van der Waals surface area contributed by atoms with Crippen molar-refractivity contribution in [2.45, 2.75) is 10.9 Å². The van der Waals surface area contributed by atoms with E-state index in [2.05, 4.69) is 15.0 Å². The molecular weight excluding hydrogens is 312 g/mol. The van der Waals surface area contributed by atoms with Crippen molar-refractivity contribution in [1.29, 1.82) is 0 Å². The minimum absolute atomic E-state index is 0.349. The van der Waals surface area contributed by atoms with Crippen molar-refractivity contribution in [2.75, 3.05) is 7.11 Å². The normalized spacial score (nSPS) is 12.8. The van der Waals surface area contributed by atoms with Gasteiger partial charge in [-0.15, -0.1) is 0 Å². The number of benzene rings is 1. The third-order valence-electron chi connectivity index (χ3n) is 3.66. The van der Waals surface area contributed by atoms with Gasteiger partial charge in [0.15, 0.2) is 5.75 Å². The maximum Gasteiger partial charge on any atom is 0.322 e. The fraction of sp³-hybridized carbons (Fsp3) is 0.125. The lowest BCUT2D eigenvalue weighted by Gasteiger charge is -2.06. The summed E-state index contributed by atoms with van der Waals surface area (Å²) < 4.78 is 19.7. The zero-order chi connectivity index (χ0) is 15.8. The number of H-pyrrole nitrogens is 1. The predicted octanol–water partition coefficient (Wildman–Crippen LogP) is 2.53. The summed E-state index contributed by atoms with van der Waals surface area (Å²) in [4.78, 5) is 11.8. The van der Waals surface area contributed by atoms with Crippen LogP contribution in [0.25, 0.3) is 16.7 Å². The average Bonchev–Trinajstić information content (AvgIpc) is 3.18. The molecular formula is C16H14N4O2S. The van der Waals surface area contributed by atoms with E-state index in [0.29, 0.717) is 10.9 Å². The highest BCUT2D eigenvalue weighted by atomic mass is 32.2. The van der Waals surface area contributed by atoms with Crippen molar-refractivity contribution in [3.8, 4) is 5.75 Å². The predicted molar refractivity (Wildman–Crippen MR) is 88.0 cm³/mol. The van der Waals surface area contributed by atoms with Gasteiger partial charge in [-0.25, -0.2) is 4.98 Å². The highest BCUT2D eigenvalue weighted by molar-refractivity contribution is 7.90. The zero-order valence-corrected chi connectivity index (χ0v) is 13.2. The van der Waals surface area contributed by atoms with Gasteiger partial charge in [-0.3, -0.25) is 9.38 Å². The number of imidazole rings is 2. The molecule has 0 amide bonds. The summed E-state index contributed by atoms with van der Waals surface area (Å²) >= 11 is -1.28. The largest absolute Gasteiger partial charge is 0.609 e. The second kappa shape index (κ2) is 5.60. The lowest BCUT2D eigenvalue weighted by atomic mass is 10.3. The molecule has 0 aliphatic rings. The number of nitrogens with zero attached hydrogens (tertiary/aromatic N) is 3. The lowest BCUT2D eigenvalue weighted by Crippen LogP contribution is -2.08. The van der Waals surface area contributed by atoms with Crippen LogP contribution in [-0.2, 0) is 16.9 Å². The van der Waals surface area contributed by atoms with E-state index in [9.17, 15) is 4.55 Å². The molecule has 0 bridgehead atoms. The average molecular weight is 326 g/mol. The van der Waals surface area contributed by atoms with Gasteiger partial charge in [0.05, 0.1) is 30.0 Å². The number of rotatable bonds is 4. The number of aromatic nitrogens is 4. The summed E-state index contributed by atoms with van der Waals surface area (Å²) in [6, 6.07) is 11.3. The van der Waals surface area contributed by atoms with Crippen LogP contribution in [0.15, 0.2) is 53.9 Å². The van der Waals surface area contributed by atoms with Gasteiger partial charge in [0.25, 0.3) is 0 Å². The Balaban J connectivity index is 1.65. The fourth-order valence-electron chi connectivity index (χ4n) is 2.49. The number of hydrogen-bond acceptors (Lipinski definition) is 4. The van der Waals surface area contributed by atoms with E-state index >= 15 is 0 Å². The molecule has 0 spiro atoms. The monoisotopic (exact) mass is 326 g/mol. The topological polar surface area (TPSA) is 78.3 Å². The smallest absolute Gasteiger partial charge is 0.322 e. The molecule has 0 saturated heterocycles. The van der Waals surface area contributed by atoms with Gasteiger partial charge in [0.2, 0.25) is 0 Å². The Hall–Kier alpha value is -2.51. The number of fused-ring (bicyclic) bond motifs is 2. The van der Waals surface area contributed by atoms with E-state index in [-0.39, 0.29) is 0 Å². The van der Waals surface area contributed by atoms with Gasteiger partial charge >= 0.3 is 5.16 Å². The molecule has 6 nitrogen and oxygen atoms in total. The van der Waals surface area contributed by atoms with Crippen molar-refractivity contribution < 1.29 is 9.29 Å². The first-order chi connectivity index (χ1) is 11.2. The third kappa shape index (κ3) is 2.54. The quantitative estimate of drug-likeness (QED) is 0.585. The summed E-state index contributed by atoms with van der Waals surface area (Å²) in [5.41, 5.74) is 3.31. The number of nitrogens with one attached hydrogen (secondary N) is 1. The molecule has 1 N–H and O–H groups in total. The van der Waals surface area contributed by atoms with E-state index in [4.69, 9.17) is 4.74 Å². The molecule has 4 aromatic rings. The van der Waals surface area contributed by atoms with E-state index in [1.165, 1.54) is 0 Å². The molecule has 0 radical (unpaired) electrons. The lowest BCUT2D eigenvalue weighted by molar-refractivity contribution is 0.415. The first-order valence-corrected chi connectivity index (χ1v) is 8.39. The SMILES string of the molecule is COc1ccc2[nH]c([S+]([O-])Cc3cnc4ccccn34)nc2c1. The second-order valence-corrected chi connectivity index (χ2v) is 6.46. The molecule has 1 aromatic carbocycles. The third-order valence-corrected chi connectivity index (χ3v) is 4.84. The van der Waals surface area contributed by atoms with Crippen LogP contribution in [0.1, 0.15) is 5.69 Å². The van der Waals surface area contributed by atoms with Crippen LogP contribution >= 0.6 is 0 Å². The van der Waals surface area contributed by atoms with Crippen LogP contribution in [0.5, 0.6) is 5.75 Å². The highest BCUT2D eigenvalue weighted by Crippen LogP contribution is 2.22. The Morgan fingerprint density at radius 2 is 2.22 bits per heavy atom. The van der Waals surface area contributed by atoms with Gasteiger partial charge in [-0.2, -0.15) is 4.98 Å². The summed E-state index contributed by atoms with van der Waals surface area (Å²) in [5, 5.41) is 0.458. The van der Waals surface area contributed by atoms with E-state index in [1.807, 2.05) is 47.0 Å². The molecule has 116 valence electrons. The molecule has 23 heavy (non-hydrogen) atoms. The Labute approximate surface area is 135 Å². The maximum absolute atomic E-state index is 12.6. The molecule has 0 saturated carbocycles. The molecule has 3 heterocycles. The van der Waals surface area contributed by atoms with Crippen molar-refractivity contribution in [3.63, 3.8) is 0 Å². The zero-order valence-electron chi connectivity index (χ0n) is 12.4. The highest BCUT2D eigenvalue weighted by Gasteiger charge is 2.19. The van der Waals surface area contributed by atoms with Gasteiger partial charge < -0.3 is 9.29 Å². The molecule has 3 aromatic heterocycles. The van der Waals surface area contributed by atoms with Crippen LogP contribution in [0.3, 0.4) is 0 Å². The van der Waals surface area contributed by atoms with E-state index in [1.54, 1.807) is 13.3 Å². The van der Waals surface area contributed by atoms with Crippen LogP contribution in [0, 0.1) is 0 Å². The molecule has 7 heteroatoms. The van der Waals surface area contributed by atoms with Gasteiger partial charge in [-0.1, -0.05) is 6.07 Å². The number of ether oxygens (including phenoxy) is 1. The van der Waals surface area contributed by atoms with Crippen LogP contribution in [-0.4, -0.2) is 31.0 Å². The minimum Gasteiger partial charge on any atom is -0.609 e. The summed E-state index contributed by atoms with van der Waals surface area (Å²) in [7, 11) is 1.61. The van der Waals surface area contributed by atoms with Crippen molar-refractivity contribution >= 4 is 27.9 Å². The van der Waals surface area contributed by atoms with Crippen molar-refractivity contribution in [3.05, 3.63) is 54.5 Å². The van der Waals surface area contributed by atoms with Crippen LogP contribution in [0.2, 0.25) is 0 Å². The number of methoxy groups -OCH3 is 1. The maximum atomic E-state index is 12.6. The first kappa shape index (κ1) is 14.1. The Morgan fingerprint density at radius 3 is 3.09 bits per heavy atom. The summed E-state index contributed by atoms with van der Waals surface area (Å²) in [6.45, 7) is 0. The molecule has 1 unspecified atom stereocenters. The molecule has 0 fully saturated rings. The van der Waals surface area contributed by atoms with Crippen molar-refractivity contribution in [1.82, 2.24) is 19.4 Å². The van der Waals surface area contributed by atoms with Crippen LogP contribution in [0.4, 0.5) is 0 Å². The molecule has 1 atom stereocenters. The molecule has 0 aliphatic heterocycles. The molecule has 0 aliphatic carbocycles. The summed E-state index contributed by atoms with van der Waals surface area (Å²) in [6.07, 6.45) is 3.66. The Morgan fingerprint density at radius 1 is 1.30 bits per heavy atom. The van der Waals surface area contributed by atoms with Gasteiger partial charge in [0.1, 0.15) is 11.4 Å². The van der Waals surface area contributed by atoms with E-state index < -0.39 is 11.2 Å². The van der Waals surface area contributed by atoms with Crippen LogP contribution < -0.4 is 4.74 Å².